The van der Waals surface area contributed by atoms with Crippen molar-refractivity contribution in [2.24, 2.45) is 0 Å². The fourth-order valence-electron chi connectivity index (χ4n) is 1.36. The number of carboxylic acid groups (broad SMARTS) is 1. The van der Waals surface area contributed by atoms with E-state index in [1.165, 1.54) is 19.1 Å². The number of carboxylic acids is 1. The Morgan fingerprint density at radius 3 is 2.42 bits per heavy atom. The molecule has 0 bridgehead atoms. The van der Waals surface area contributed by atoms with Crippen molar-refractivity contribution in [3.63, 3.8) is 0 Å². The maximum atomic E-state index is 11.9. The summed E-state index contributed by atoms with van der Waals surface area (Å²) in [6.07, 6.45) is 0.659. The lowest BCUT2D eigenvalue weighted by Crippen LogP contribution is -2.52. The molecule has 0 saturated heterocycles. The van der Waals surface area contributed by atoms with Crippen LogP contribution in [0.25, 0.3) is 0 Å². The Hall–Kier alpha value is -1.83. The van der Waals surface area contributed by atoms with Crippen LogP contribution in [0.15, 0.2) is 0 Å². The summed E-state index contributed by atoms with van der Waals surface area (Å²) >= 11 is 0. The van der Waals surface area contributed by atoms with E-state index in [0.717, 1.165) is 0 Å². The quantitative estimate of drug-likeness (QED) is 0.540. The number of carbonyl (C=O) groups excluding carboxylic acids is 2. The molecule has 0 aromatic heterocycles. The van der Waals surface area contributed by atoms with Gasteiger partial charge in [-0.2, -0.15) is 0 Å². The molecule has 0 aliphatic carbocycles. The summed E-state index contributed by atoms with van der Waals surface area (Å²) < 4.78 is 4.71. The van der Waals surface area contributed by atoms with E-state index in [4.69, 9.17) is 9.84 Å². The minimum atomic E-state index is -1.19. The highest BCUT2D eigenvalue weighted by Gasteiger charge is 2.23. The van der Waals surface area contributed by atoms with Gasteiger partial charge in [-0.15, -0.1) is 0 Å². The Balaban J connectivity index is 4.60. The van der Waals surface area contributed by atoms with Gasteiger partial charge in [0.25, 0.3) is 0 Å². The predicted molar refractivity (Wildman–Crippen MR) is 67.8 cm³/mol. The van der Waals surface area contributed by atoms with E-state index in [1.807, 2.05) is 6.92 Å². The molecule has 0 aliphatic rings. The largest absolute Gasteiger partial charge is 0.480 e. The fourth-order valence-corrected chi connectivity index (χ4v) is 1.36. The van der Waals surface area contributed by atoms with Crippen LogP contribution >= 0.6 is 0 Å². The molecular weight excluding hydrogens is 254 g/mol. The van der Waals surface area contributed by atoms with Crippen molar-refractivity contribution in [1.29, 1.82) is 0 Å². The van der Waals surface area contributed by atoms with Gasteiger partial charge in [0, 0.05) is 20.7 Å². The number of hydrogen-bond donors (Lipinski definition) is 3. The number of rotatable bonds is 8. The number of hydrogen-bond acceptors (Lipinski definition) is 4. The number of amides is 3. The summed E-state index contributed by atoms with van der Waals surface area (Å²) in [5.41, 5.74) is 0. The number of likely N-dealkylation sites (N-methyl/N-ethyl adjacent to an activating group) is 1. The summed E-state index contributed by atoms with van der Waals surface area (Å²) in [5.74, 6) is -1.51. The first-order chi connectivity index (χ1) is 8.96. The standard InChI is InChI=1S/C11H21N3O5/c1-4-5-14(6-9(15)12-2)11(18)13-8(7-19-3)10(16)17/h8H,4-7H2,1-3H3,(H,12,15)(H,13,18)(H,16,17). The van der Waals surface area contributed by atoms with Crippen LogP contribution in [0, 0.1) is 0 Å². The van der Waals surface area contributed by atoms with E-state index in [2.05, 4.69) is 10.6 Å². The Morgan fingerprint density at radius 2 is 2.00 bits per heavy atom. The first-order valence-electron chi connectivity index (χ1n) is 5.94. The molecule has 0 fully saturated rings. The maximum Gasteiger partial charge on any atom is 0.328 e. The second kappa shape index (κ2) is 9.15. The number of aliphatic carboxylic acids is 1. The van der Waals surface area contributed by atoms with E-state index in [9.17, 15) is 14.4 Å². The third kappa shape index (κ3) is 6.61. The smallest absolute Gasteiger partial charge is 0.328 e. The average Bonchev–Trinajstić information content (AvgIpc) is 2.37. The number of nitrogens with zero attached hydrogens (tertiary/aromatic N) is 1. The highest BCUT2D eigenvalue weighted by Crippen LogP contribution is 1.95. The molecule has 1 atom stereocenters. The molecule has 3 amide bonds. The summed E-state index contributed by atoms with van der Waals surface area (Å²) in [5, 5.41) is 13.6. The topological polar surface area (TPSA) is 108 Å². The van der Waals surface area contributed by atoms with Crippen molar-refractivity contribution in [1.82, 2.24) is 15.5 Å². The summed E-state index contributed by atoms with van der Waals surface area (Å²) in [6, 6.07) is -1.74. The maximum absolute atomic E-state index is 11.9. The molecule has 1 unspecified atom stereocenters. The van der Waals surface area contributed by atoms with Crippen LogP contribution in [0.1, 0.15) is 13.3 Å². The van der Waals surface area contributed by atoms with Crippen LogP contribution in [0.5, 0.6) is 0 Å². The average molecular weight is 275 g/mol. The van der Waals surface area contributed by atoms with Gasteiger partial charge in [-0.1, -0.05) is 6.92 Å². The van der Waals surface area contributed by atoms with Gasteiger partial charge in [-0.3, -0.25) is 4.79 Å². The van der Waals surface area contributed by atoms with Gasteiger partial charge in [0.1, 0.15) is 6.54 Å². The SMILES string of the molecule is CCCN(CC(=O)NC)C(=O)NC(COC)C(=O)O. The first kappa shape index (κ1) is 17.2. The minimum Gasteiger partial charge on any atom is -0.480 e. The van der Waals surface area contributed by atoms with Crippen LogP contribution in [0.2, 0.25) is 0 Å². The van der Waals surface area contributed by atoms with E-state index in [-0.39, 0.29) is 19.1 Å². The van der Waals surface area contributed by atoms with Crippen molar-refractivity contribution in [3.05, 3.63) is 0 Å². The summed E-state index contributed by atoms with van der Waals surface area (Å²) in [6.45, 7) is 1.96. The van der Waals surface area contributed by atoms with Gasteiger partial charge < -0.3 is 25.4 Å². The van der Waals surface area contributed by atoms with Crippen molar-refractivity contribution in [3.8, 4) is 0 Å². The molecule has 3 N–H and O–H groups in total. The third-order valence-electron chi connectivity index (χ3n) is 2.32. The Labute approximate surface area is 112 Å². The lowest BCUT2D eigenvalue weighted by atomic mass is 10.3. The molecule has 19 heavy (non-hydrogen) atoms. The number of methoxy groups -OCH3 is 1. The molecule has 0 aromatic rings. The summed E-state index contributed by atoms with van der Waals surface area (Å²) in [4.78, 5) is 35.3. The van der Waals surface area contributed by atoms with E-state index in [1.54, 1.807) is 0 Å². The minimum absolute atomic E-state index is 0.116. The zero-order valence-corrected chi connectivity index (χ0v) is 11.4. The molecule has 0 heterocycles. The number of urea groups is 1. The van der Waals surface area contributed by atoms with Gasteiger partial charge in [-0.25, -0.2) is 9.59 Å². The third-order valence-corrected chi connectivity index (χ3v) is 2.32. The van der Waals surface area contributed by atoms with Gasteiger partial charge in [0.2, 0.25) is 5.91 Å². The monoisotopic (exact) mass is 275 g/mol. The van der Waals surface area contributed by atoms with Crippen molar-refractivity contribution in [2.75, 3.05) is 33.9 Å². The zero-order chi connectivity index (χ0) is 14.8. The highest BCUT2D eigenvalue weighted by molar-refractivity contribution is 5.86. The Kier molecular flexibility index (Phi) is 8.27. The van der Waals surface area contributed by atoms with Crippen molar-refractivity contribution < 1.29 is 24.2 Å². The normalized spacial score (nSPS) is 11.5. The van der Waals surface area contributed by atoms with Crippen LogP contribution in [-0.4, -0.2) is 67.8 Å². The second-order valence-electron chi connectivity index (χ2n) is 3.89. The highest BCUT2D eigenvalue weighted by atomic mass is 16.5. The number of nitrogens with one attached hydrogen (secondary N) is 2. The lowest BCUT2D eigenvalue weighted by molar-refractivity contribution is -0.140. The van der Waals surface area contributed by atoms with Gasteiger partial charge >= 0.3 is 12.0 Å². The molecule has 8 heteroatoms. The molecule has 8 nitrogen and oxygen atoms in total. The van der Waals surface area contributed by atoms with Crippen LogP contribution in [-0.2, 0) is 14.3 Å². The van der Waals surface area contributed by atoms with Crippen LogP contribution in [0.3, 0.4) is 0 Å². The second-order valence-corrected chi connectivity index (χ2v) is 3.89. The predicted octanol–water partition coefficient (Wildman–Crippen LogP) is -0.746. The molecule has 0 aliphatic heterocycles. The van der Waals surface area contributed by atoms with Crippen LogP contribution in [0.4, 0.5) is 4.79 Å². The molecular formula is C11H21N3O5. The number of carbonyl (C=O) groups is 3. The molecule has 0 aromatic carbocycles. The van der Waals surface area contributed by atoms with Crippen LogP contribution < -0.4 is 10.6 Å². The molecule has 110 valence electrons. The van der Waals surface area contributed by atoms with Crippen molar-refractivity contribution in [2.45, 2.75) is 19.4 Å². The molecule has 0 rings (SSSR count). The van der Waals surface area contributed by atoms with E-state index >= 15 is 0 Å². The van der Waals surface area contributed by atoms with Gasteiger partial charge in [0.15, 0.2) is 6.04 Å². The fraction of sp³-hybridized carbons (Fsp3) is 0.727. The Bertz CT molecular complexity index is 319. The van der Waals surface area contributed by atoms with Gasteiger partial charge in [-0.05, 0) is 6.42 Å². The Morgan fingerprint density at radius 1 is 1.37 bits per heavy atom. The summed E-state index contributed by atoms with van der Waals surface area (Å²) in [7, 11) is 2.81. The molecule has 0 radical (unpaired) electrons. The first-order valence-corrected chi connectivity index (χ1v) is 5.94. The molecule has 0 saturated carbocycles. The van der Waals surface area contributed by atoms with Crippen molar-refractivity contribution >= 4 is 17.9 Å². The lowest BCUT2D eigenvalue weighted by Gasteiger charge is -2.23. The molecule has 0 spiro atoms. The van der Waals surface area contributed by atoms with Gasteiger partial charge in [0.05, 0.1) is 6.61 Å². The van der Waals surface area contributed by atoms with E-state index < -0.39 is 18.0 Å². The van der Waals surface area contributed by atoms with E-state index in [0.29, 0.717) is 13.0 Å². The zero-order valence-electron chi connectivity index (χ0n) is 11.4. The number of ether oxygens (including phenoxy) is 1.